The molecule has 0 aliphatic heterocycles. The van der Waals surface area contributed by atoms with Gasteiger partial charge in [0.15, 0.2) is 6.61 Å². The minimum atomic E-state index is -4.07. The number of alkyl halides is 2. The molecular formula is C14H12ClF2N5O4S. The first-order valence-corrected chi connectivity index (χ1v) is 9.14. The lowest BCUT2D eigenvalue weighted by Gasteiger charge is -2.11. The Morgan fingerprint density at radius 2 is 2.11 bits per heavy atom. The third-order valence-corrected chi connectivity index (χ3v) is 4.88. The molecule has 9 nitrogen and oxygen atoms in total. The Bertz CT molecular complexity index is 1080. The van der Waals surface area contributed by atoms with E-state index in [2.05, 4.69) is 29.4 Å². The van der Waals surface area contributed by atoms with Gasteiger partial charge in [-0.3, -0.25) is 4.72 Å². The lowest BCUT2D eigenvalue weighted by molar-refractivity contribution is 0.0766. The summed E-state index contributed by atoms with van der Waals surface area (Å²) >= 11 is 5.78. The van der Waals surface area contributed by atoms with Gasteiger partial charge in [0.25, 0.3) is 16.4 Å². The molecule has 0 radical (unpaired) electrons. The summed E-state index contributed by atoms with van der Waals surface area (Å²) in [6, 6.07) is 2.58. The first kappa shape index (κ1) is 19.0. The SMILES string of the molecule is COc1nc(OCC(F)F)ncc1NS(=O)(=O)c1c[nH]c2nc(Cl)ccc12. The van der Waals surface area contributed by atoms with Gasteiger partial charge in [-0.2, -0.15) is 4.98 Å². The van der Waals surface area contributed by atoms with Crippen molar-refractivity contribution in [1.82, 2.24) is 19.9 Å². The van der Waals surface area contributed by atoms with E-state index < -0.39 is 23.1 Å². The Morgan fingerprint density at radius 3 is 2.81 bits per heavy atom. The Hall–Kier alpha value is -2.73. The van der Waals surface area contributed by atoms with Crippen molar-refractivity contribution in [1.29, 1.82) is 0 Å². The van der Waals surface area contributed by atoms with Crippen LogP contribution in [-0.4, -0.2) is 48.5 Å². The number of sulfonamides is 1. The zero-order chi connectivity index (χ0) is 19.6. The van der Waals surface area contributed by atoms with Gasteiger partial charge in [0, 0.05) is 11.6 Å². The average molecular weight is 420 g/mol. The number of H-pyrrole nitrogens is 1. The Labute approximate surface area is 156 Å². The number of nitrogens with zero attached hydrogens (tertiary/aromatic N) is 3. The van der Waals surface area contributed by atoms with Gasteiger partial charge in [0.2, 0.25) is 5.88 Å². The molecule has 0 spiro atoms. The minimum absolute atomic E-state index is 0.0817. The first-order valence-electron chi connectivity index (χ1n) is 7.28. The number of aromatic amines is 1. The highest BCUT2D eigenvalue weighted by molar-refractivity contribution is 7.93. The van der Waals surface area contributed by atoms with Crippen LogP contribution in [0, 0.1) is 0 Å². The summed E-state index contributed by atoms with van der Waals surface area (Å²) < 4.78 is 61.7. The molecule has 0 saturated carbocycles. The van der Waals surface area contributed by atoms with E-state index >= 15 is 0 Å². The summed E-state index contributed by atoms with van der Waals surface area (Å²) in [6.45, 7) is -0.904. The number of methoxy groups -OCH3 is 1. The molecule has 0 atom stereocenters. The fourth-order valence-electron chi connectivity index (χ4n) is 2.16. The van der Waals surface area contributed by atoms with Gasteiger partial charge in [0.05, 0.1) is 13.3 Å². The van der Waals surface area contributed by atoms with Gasteiger partial charge in [0.1, 0.15) is 21.4 Å². The molecule has 0 amide bonds. The van der Waals surface area contributed by atoms with Crippen LogP contribution in [-0.2, 0) is 10.0 Å². The predicted molar refractivity (Wildman–Crippen MR) is 92.0 cm³/mol. The molecule has 144 valence electrons. The van der Waals surface area contributed by atoms with Crippen LogP contribution in [0.15, 0.2) is 29.4 Å². The molecule has 2 N–H and O–H groups in total. The normalized spacial score (nSPS) is 11.7. The smallest absolute Gasteiger partial charge is 0.320 e. The maximum atomic E-state index is 12.7. The van der Waals surface area contributed by atoms with Crippen LogP contribution in [0.1, 0.15) is 0 Å². The van der Waals surface area contributed by atoms with Gasteiger partial charge in [-0.15, -0.1) is 0 Å². The molecule has 3 aromatic heterocycles. The van der Waals surface area contributed by atoms with Crippen LogP contribution in [0.25, 0.3) is 11.0 Å². The Morgan fingerprint density at radius 1 is 1.33 bits per heavy atom. The topological polar surface area (TPSA) is 119 Å². The summed E-state index contributed by atoms with van der Waals surface area (Å²) in [6.07, 6.45) is -0.403. The third-order valence-electron chi connectivity index (χ3n) is 3.26. The molecule has 27 heavy (non-hydrogen) atoms. The van der Waals surface area contributed by atoms with E-state index in [0.29, 0.717) is 11.0 Å². The molecule has 0 unspecified atom stereocenters. The number of nitrogens with one attached hydrogen (secondary N) is 2. The highest BCUT2D eigenvalue weighted by Crippen LogP contribution is 2.28. The molecule has 0 aliphatic carbocycles. The van der Waals surface area contributed by atoms with E-state index in [1.54, 1.807) is 0 Å². The highest BCUT2D eigenvalue weighted by atomic mass is 35.5. The molecule has 3 rings (SSSR count). The van der Waals surface area contributed by atoms with Crippen molar-refractivity contribution in [2.75, 3.05) is 18.4 Å². The quantitative estimate of drug-likeness (QED) is 0.564. The monoisotopic (exact) mass is 419 g/mol. The van der Waals surface area contributed by atoms with Crippen molar-refractivity contribution < 1.29 is 26.7 Å². The molecule has 0 bridgehead atoms. The Balaban J connectivity index is 1.90. The van der Waals surface area contributed by atoms with Crippen molar-refractivity contribution in [3.05, 3.63) is 29.7 Å². The molecule has 3 aromatic rings. The lowest BCUT2D eigenvalue weighted by atomic mass is 10.3. The number of ether oxygens (including phenoxy) is 2. The van der Waals surface area contributed by atoms with E-state index in [0.717, 1.165) is 6.20 Å². The second-order valence-corrected chi connectivity index (χ2v) is 7.10. The van der Waals surface area contributed by atoms with E-state index in [9.17, 15) is 17.2 Å². The Kier molecular flexibility index (Phi) is 5.28. The van der Waals surface area contributed by atoms with Gasteiger partial charge in [-0.05, 0) is 12.1 Å². The maximum Gasteiger partial charge on any atom is 0.320 e. The summed E-state index contributed by atoms with van der Waals surface area (Å²) in [5, 5.41) is 0.527. The first-order chi connectivity index (χ1) is 12.8. The number of pyridine rings is 1. The zero-order valence-corrected chi connectivity index (χ0v) is 15.2. The van der Waals surface area contributed by atoms with E-state index in [-0.39, 0.29) is 27.6 Å². The van der Waals surface area contributed by atoms with Gasteiger partial charge >= 0.3 is 6.01 Å². The van der Waals surface area contributed by atoms with Crippen LogP contribution >= 0.6 is 11.6 Å². The predicted octanol–water partition coefficient (Wildman–Crippen LogP) is 2.46. The summed E-state index contributed by atoms with van der Waals surface area (Å²) in [5.41, 5.74) is 0.194. The van der Waals surface area contributed by atoms with Crippen LogP contribution in [0.2, 0.25) is 5.15 Å². The summed E-state index contributed by atoms with van der Waals surface area (Å²) in [7, 11) is -2.83. The highest BCUT2D eigenvalue weighted by Gasteiger charge is 2.22. The van der Waals surface area contributed by atoms with Crippen molar-refractivity contribution >= 4 is 38.3 Å². The average Bonchev–Trinajstić information content (AvgIpc) is 3.04. The molecular weight excluding hydrogens is 408 g/mol. The van der Waals surface area contributed by atoms with Gasteiger partial charge in [-0.25, -0.2) is 27.2 Å². The largest absolute Gasteiger partial charge is 0.479 e. The number of hydrogen-bond acceptors (Lipinski definition) is 7. The summed E-state index contributed by atoms with van der Waals surface area (Å²) in [5.74, 6) is -0.196. The molecule has 0 aliphatic rings. The molecule has 3 heterocycles. The lowest BCUT2D eigenvalue weighted by Crippen LogP contribution is -2.15. The van der Waals surface area contributed by atoms with Crippen molar-refractivity contribution in [3.8, 4) is 11.9 Å². The second-order valence-electron chi connectivity index (χ2n) is 5.07. The maximum absolute atomic E-state index is 12.7. The molecule has 0 fully saturated rings. The number of aromatic nitrogens is 4. The van der Waals surface area contributed by atoms with E-state index in [4.69, 9.17) is 16.3 Å². The zero-order valence-electron chi connectivity index (χ0n) is 13.6. The fraction of sp³-hybridized carbons (Fsp3) is 0.214. The summed E-state index contributed by atoms with van der Waals surface area (Å²) in [4.78, 5) is 14.1. The van der Waals surface area contributed by atoms with Crippen molar-refractivity contribution in [2.45, 2.75) is 11.3 Å². The van der Waals surface area contributed by atoms with Crippen LogP contribution in [0.4, 0.5) is 14.5 Å². The number of anilines is 1. The number of rotatable bonds is 7. The number of halogens is 3. The third kappa shape index (κ3) is 4.17. The second kappa shape index (κ2) is 7.48. The van der Waals surface area contributed by atoms with Gasteiger partial charge < -0.3 is 14.5 Å². The number of fused-ring (bicyclic) bond motifs is 1. The van der Waals surface area contributed by atoms with E-state index in [1.165, 1.54) is 25.4 Å². The van der Waals surface area contributed by atoms with E-state index in [1.807, 2.05) is 0 Å². The standard InChI is InChI=1S/C14H12ClF2N5O4S/c1-25-13-8(4-19-14(21-13)26-6-11(16)17)22-27(23,24)9-5-18-12-7(9)2-3-10(15)20-12/h2-5,11,22H,6H2,1H3,(H,18,20). The minimum Gasteiger partial charge on any atom is -0.479 e. The molecule has 0 aromatic carbocycles. The van der Waals surface area contributed by atoms with Gasteiger partial charge in [-0.1, -0.05) is 11.6 Å². The number of hydrogen-bond donors (Lipinski definition) is 2. The molecule has 0 saturated heterocycles. The van der Waals surface area contributed by atoms with Crippen molar-refractivity contribution in [2.24, 2.45) is 0 Å². The van der Waals surface area contributed by atoms with Crippen molar-refractivity contribution in [3.63, 3.8) is 0 Å². The van der Waals surface area contributed by atoms with Crippen LogP contribution in [0.3, 0.4) is 0 Å². The molecule has 13 heteroatoms. The van der Waals surface area contributed by atoms with Crippen LogP contribution in [0.5, 0.6) is 11.9 Å². The van der Waals surface area contributed by atoms with Crippen LogP contribution < -0.4 is 14.2 Å². The fourth-order valence-corrected chi connectivity index (χ4v) is 3.52.